The smallest absolute Gasteiger partial charge is 0.460 e. The third-order valence-corrected chi connectivity index (χ3v) is 5.80. The molecule has 0 spiro atoms. The molecule has 0 saturated carbocycles. The summed E-state index contributed by atoms with van der Waals surface area (Å²) in [7, 11) is -7.87. The van der Waals surface area contributed by atoms with Gasteiger partial charge in [0.2, 0.25) is 0 Å². The second-order valence-electron chi connectivity index (χ2n) is 6.91. The molecular weight excluding hydrogens is 621 g/mol. The Morgan fingerprint density at radius 1 is 0.605 bits per heavy atom. The van der Waals surface area contributed by atoms with Crippen LogP contribution in [0.15, 0.2) is 0 Å². The highest BCUT2D eigenvalue weighted by atomic mass is 32.2. The molecule has 0 aliphatic rings. The topological polar surface area (TPSA) is 121 Å². The number of hydrogen-bond acceptors (Lipinski definition) is 4. The molecule has 226 valence electrons. The zero-order valence-electron chi connectivity index (χ0n) is 16.9. The second-order valence-corrected chi connectivity index (χ2v) is 8.66. The number of hydrogen-bond donors (Lipinski definition) is 3. The summed E-state index contributed by atoms with van der Waals surface area (Å²) in [5.41, 5.74) is 0. The lowest BCUT2D eigenvalue weighted by Crippen LogP contribution is -2.75. The Morgan fingerprint density at radius 2 is 0.921 bits per heavy atom. The van der Waals surface area contributed by atoms with Crippen LogP contribution >= 0.6 is 0 Å². The highest BCUT2D eigenvalue weighted by molar-refractivity contribution is 7.90. The lowest BCUT2D eigenvalue weighted by atomic mass is 9.91. The minimum Gasteiger partial charge on any atom is -0.481 e. The molecule has 0 rings (SSSR count). The maximum absolute atomic E-state index is 13.9. The number of nitrogens with one attached hydrogen (secondary N) is 1. The number of alkyl halides is 17. The molecule has 3 N–H and O–H groups in total. The predicted octanol–water partition coefficient (Wildman–Crippen LogP) is 4.19. The number of rotatable bonds is 13. The molecule has 0 amide bonds. The summed E-state index contributed by atoms with van der Waals surface area (Å²) in [6.07, 6.45) is -11.1. The summed E-state index contributed by atoms with van der Waals surface area (Å²) in [5.74, 6) is -57.5. The summed E-state index contributed by atoms with van der Waals surface area (Å²) in [4.78, 5) is 21.1. The van der Waals surface area contributed by atoms with E-state index in [4.69, 9.17) is 10.2 Å². The number of sulfonamides is 1. The van der Waals surface area contributed by atoms with Gasteiger partial charge in [0.05, 0.1) is 0 Å². The average molecular weight is 629 g/mol. The number of halogens is 17. The van der Waals surface area contributed by atoms with Crippen LogP contribution in [0, 0.1) is 0 Å². The van der Waals surface area contributed by atoms with E-state index in [0.29, 0.717) is 0 Å². The summed E-state index contributed by atoms with van der Waals surface area (Å²) in [6, 6.07) is -3.26. The van der Waals surface area contributed by atoms with Crippen molar-refractivity contribution in [3.8, 4) is 0 Å². The van der Waals surface area contributed by atoms with Crippen LogP contribution in [-0.4, -0.2) is 83.6 Å². The van der Waals surface area contributed by atoms with Gasteiger partial charge in [0.25, 0.3) is 10.0 Å². The van der Waals surface area contributed by atoms with Crippen LogP contribution in [0.5, 0.6) is 0 Å². The molecule has 0 radical (unpaired) electrons. The van der Waals surface area contributed by atoms with E-state index in [1.807, 2.05) is 0 Å². The Balaban J connectivity index is 6.87. The third kappa shape index (κ3) is 5.13. The Hall–Kier alpha value is -2.34. The third-order valence-electron chi connectivity index (χ3n) is 4.27. The van der Waals surface area contributed by atoms with Crippen molar-refractivity contribution in [2.45, 2.75) is 65.8 Å². The summed E-state index contributed by atoms with van der Waals surface area (Å²) in [6.45, 7) is 0. The van der Waals surface area contributed by atoms with Gasteiger partial charge in [-0.15, -0.1) is 0 Å². The molecule has 0 saturated heterocycles. The monoisotopic (exact) mass is 629 g/mol. The van der Waals surface area contributed by atoms with Crippen molar-refractivity contribution in [3.63, 3.8) is 0 Å². The molecule has 0 aliphatic heterocycles. The van der Waals surface area contributed by atoms with Crippen molar-refractivity contribution in [2.75, 3.05) is 0 Å². The van der Waals surface area contributed by atoms with Gasteiger partial charge in [-0.05, 0) is 6.42 Å². The molecule has 0 bridgehead atoms. The molecule has 25 heteroatoms. The zero-order valence-corrected chi connectivity index (χ0v) is 17.7. The first-order valence-electron chi connectivity index (χ1n) is 8.40. The first-order chi connectivity index (χ1) is 16.2. The van der Waals surface area contributed by atoms with E-state index in [9.17, 15) is 92.6 Å². The Labute approximate surface area is 196 Å². The predicted molar refractivity (Wildman–Crippen MR) is 81.0 cm³/mol. The highest BCUT2D eigenvalue weighted by Crippen LogP contribution is 2.64. The van der Waals surface area contributed by atoms with Gasteiger partial charge >= 0.3 is 58.9 Å². The standard InChI is InChI=1S/C13H8F17NO6S/c14-6(15,8(18,19)10(22,23)12(26,27)28)7(16,17)9(20,21)11(24,25)13(29,30)38(36,37)31-3(5(34)35)1-2-4(32)33/h3,31H,1-2H2,(H,32,33)(H,34,35)/t3-/m1/s1. The SMILES string of the molecule is O=C(O)CC[C@@H](NS(=O)(=O)C(F)(F)C(F)(F)C(F)(F)C(F)(F)C(F)(F)C(F)(F)C(F)(F)C(F)(F)F)C(=O)O. The van der Waals surface area contributed by atoms with Crippen molar-refractivity contribution in [1.82, 2.24) is 4.72 Å². The van der Waals surface area contributed by atoms with Crippen molar-refractivity contribution < 1.29 is 103 Å². The van der Waals surface area contributed by atoms with Crippen LogP contribution in [0.4, 0.5) is 74.6 Å². The molecule has 38 heavy (non-hydrogen) atoms. The second kappa shape index (κ2) is 9.69. The van der Waals surface area contributed by atoms with Crippen molar-refractivity contribution >= 4 is 22.0 Å². The molecule has 0 fully saturated rings. The van der Waals surface area contributed by atoms with Crippen LogP contribution in [0.2, 0.25) is 0 Å². The minimum atomic E-state index is -9.03. The molecular formula is C13H8F17NO6S. The lowest BCUT2D eigenvalue weighted by molar-refractivity contribution is -0.458. The molecule has 7 nitrogen and oxygen atoms in total. The fourth-order valence-electron chi connectivity index (χ4n) is 2.08. The molecule has 0 unspecified atom stereocenters. The fourth-order valence-corrected chi connectivity index (χ4v) is 3.29. The molecule has 0 aromatic rings. The van der Waals surface area contributed by atoms with Gasteiger partial charge in [0, 0.05) is 6.42 Å². The Kier molecular flexibility index (Phi) is 9.09. The summed E-state index contributed by atoms with van der Waals surface area (Å²) >= 11 is 0. The van der Waals surface area contributed by atoms with E-state index in [-0.39, 0.29) is 4.72 Å². The van der Waals surface area contributed by atoms with E-state index in [1.165, 1.54) is 0 Å². The molecule has 0 aromatic heterocycles. The van der Waals surface area contributed by atoms with Gasteiger partial charge in [-0.2, -0.15) is 79.4 Å². The number of aliphatic carboxylic acids is 2. The highest BCUT2D eigenvalue weighted by Gasteiger charge is 2.96. The maximum atomic E-state index is 13.9. The fraction of sp³-hybridized carbons (Fsp3) is 0.846. The number of carboxylic acid groups (broad SMARTS) is 2. The van der Waals surface area contributed by atoms with Gasteiger partial charge < -0.3 is 10.2 Å². The number of carboxylic acids is 2. The van der Waals surface area contributed by atoms with Crippen LogP contribution < -0.4 is 4.72 Å². The van der Waals surface area contributed by atoms with E-state index in [2.05, 4.69) is 0 Å². The van der Waals surface area contributed by atoms with Crippen LogP contribution in [0.25, 0.3) is 0 Å². The van der Waals surface area contributed by atoms with Gasteiger partial charge in [0.1, 0.15) is 6.04 Å². The van der Waals surface area contributed by atoms with Crippen molar-refractivity contribution in [3.05, 3.63) is 0 Å². The van der Waals surface area contributed by atoms with Gasteiger partial charge in [-0.1, -0.05) is 0 Å². The summed E-state index contributed by atoms with van der Waals surface area (Å²) in [5, 5.41) is 8.92. The Morgan fingerprint density at radius 3 is 1.21 bits per heavy atom. The minimum absolute atomic E-state index is 0.0721. The average Bonchev–Trinajstić information content (AvgIpc) is 2.68. The normalized spacial score (nSPS) is 16.3. The van der Waals surface area contributed by atoms with E-state index in [1.54, 1.807) is 0 Å². The number of carbonyl (C=O) groups is 2. The van der Waals surface area contributed by atoms with Crippen LogP contribution in [0.3, 0.4) is 0 Å². The Bertz CT molecular complexity index is 1020. The molecule has 1 atom stereocenters. The zero-order chi connectivity index (χ0) is 31.4. The lowest BCUT2D eigenvalue weighted by Gasteiger charge is -2.42. The van der Waals surface area contributed by atoms with E-state index < -0.39 is 87.8 Å². The molecule has 0 heterocycles. The molecule has 0 aromatic carbocycles. The van der Waals surface area contributed by atoms with Crippen LogP contribution in [0.1, 0.15) is 12.8 Å². The van der Waals surface area contributed by atoms with Gasteiger partial charge in [-0.25, -0.2) is 8.42 Å². The first kappa shape index (κ1) is 35.7. The van der Waals surface area contributed by atoms with Crippen molar-refractivity contribution in [1.29, 1.82) is 0 Å². The van der Waals surface area contributed by atoms with Gasteiger partial charge in [0.15, 0.2) is 0 Å². The summed E-state index contributed by atoms with van der Waals surface area (Å²) < 4.78 is 247. The van der Waals surface area contributed by atoms with E-state index >= 15 is 0 Å². The maximum Gasteiger partial charge on any atom is 0.460 e. The molecule has 0 aliphatic carbocycles. The first-order valence-corrected chi connectivity index (χ1v) is 9.88. The van der Waals surface area contributed by atoms with E-state index in [0.717, 1.165) is 0 Å². The van der Waals surface area contributed by atoms with Gasteiger partial charge in [-0.3, -0.25) is 9.59 Å². The van der Waals surface area contributed by atoms with Crippen LogP contribution in [-0.2, 0) is 19.6 Å². The largest absolute Gasteiger partial charge is 0.481 e. The van der Waals surface area contributed by atoms with Crippen molar-refractivity contribution in [2.24, 2.45) is 0 Å². The quantitative estimate of drug-likeness (QED) is 0.263.